The largest absolute Gasteiger partial charge is 0.496 e. The molecule has 0 bridgehead atoms. The van der Waals surface area contributed by atoms with Crippen molar-refractivity contribution in [2.75, 3.05) is 12.8 Å². The van der Waals surface area contributed by atoms with Crippen molar-refractivity contribution in [3.05, 3.63) is 29.0 Å². The highest BCUT2D eigenvalue weighted by Crippen LogP contribution is 2.41. The second-order valence-electron chi connectivity index (χ2n) is 5.49. The molecule has 1 aromatic carbocycles. The first kappa shape index (κ1) is 13.0. The van der Waals surface area contributed by atoms with Crippen LogP contribution in [0.3, 0.4) is 0 Å². The third-order valence-corrected chi connectivity index (χ3v) is 4.36. The summed E-state index contributed by atoms with van der Waals surface area (Å²) in [7, 11) is 3.58. The van der Waals surface area contributed by atoms with Crippen molar-refractivity contribution < 1.29 is 4.74 Å². The number of aromatic nitrogens is 2. The summed E-state index contributed by atoms with van der Waals surface area (Å²) in [5.74, 6) is 1.59. The number of anilines is 1. The molecule has 0 unspecified atom stereocenters. The smallest absolute Gasteiger partial charge is 0.129 e. The van der Waals surface area contributed by atoms with Crippen molar-refractivity contribution >= 4 is 5.82 Å². The average Bonchev–Trinajstić information content (AvgIpc) is 2.79. The van der Waals surface area contributed by atoms with Gasteiger partial charge in [0, 0.05) is 18.2 Å². The molecule has 106 valence electrons. The predicted octanol–water partition coefficient (Wildman–Crippen LogP) is 2.87. The van der Waals surface area contributed by atoms with Crippen molar-refractivity contribution in [3.8, 4) is 16.9 Å². The van der Waals surface area contributed by atoms with Crippen LogP contribution < -0.4 is 10.5 Å². The number of nitrogen functional groups attached to an aromatic ring is 1. The standard InChI is InChI=1S/C16H21N3O/c1-10-12-7-5-4-6-11(12)8-14(20-3)15(10)13-9-18-19(2)16(13)17/h8-9H,4-7,17H2,1-3H3. The molecule has 4 heteroatoms. The Kier molecular flexibility index (Phi) is 3.16. The van der Waals surface area contributed by atoms with Crippen molar-refractivity contribution in [3.63, 3.8) is 0 Å². The molecule has 0 saturated heterocycles. The van der Waals surface area contributed by atoms with Crippen LogP contribution in [0.4, 0.5) is 5.82 Å². The van der Waals surface area contributed by atoms with Gasteiger partial charge in [0.25, 0.3) is 0 Å². The average molecular weight is 271 g/mol. The number of hydrogen-bond acceptors (Lipinski definition) is 3. The first-order valence-corrected chi connectivity index (χ1v) is 7.10. The normalized spacial score (nSPS) is 14.2. The summed E-state index contributed by atoms with van der Waals surface area (Å²) in [5.41, 5.74) is 12.4. The maximum absolute atomic E-state index is 6.15. The number of ether oxygens (including phenoxy) is 1. The highest BCUT2D eigenvalue weighted by molar-refractivity contribution is 5.82. The van der Waals surface area contributed by atoms with Crippen LogP contribution in [0.15, 0.2) is 12.3 Å². The lowest BCUT2D eigenvalue weighted by Gasteiger charge is -2.22. The summed E-state index contributed by atoms with van der Waals surface area (Å²) < 4.78 is 7.32. The van der Waals surface area contributed by atoms with Gasteiger partial charge < -0.3 is 10.5 Å². The van der Waals surface area contributed by atoms with Gasteiger partial charge in [-0.2, -0.15) is 5.10 Å². The lowest BCUT2D eigenvalue weighted by atomic mass is 9.84. The van der Waals surface area contributed by atoms with Gasteiger partial charge in [-0.3, -0.25) is 4.68 Å². The van der Waals surface area contributed by atoms with Crippen LogP contribution in [0, 0.1) is 6.92 Å². The molecular weight excluding hydrogens is 250 g/mol. The molecule has 0 amide bonds. The summed E-state index contributed by atoms with van der Waals surface area (Å²) in [6, 6.07) is 2.18. The molecule has 3 rings (SSSR count). The number of benzene rings is 1. The lowest BCUT2D eigenvalue weighted by Crippen LogP contribution is -2.08. The van der Waals surface area contributed by atoms with Gasteiger partial charge in [0.15, 0.2) is 0 Å². The van der Waals surface area contributed by atoms with Gasteiger partial charge in [-0.25, -0.2) is 0 Å². The number of hydrogen-bond donors (Lipinski definition) is 1. The number of fused-ring (bicyclic) bond motifs is 1. The fourth-order valence-electron chi connectivity index (χ4n) is 3.22. The summed E-state index contributed by atoms with van der Waals surface area (Å²) in [4.78, 5) is 0. The van der Waals surface area contributed by atoms with Gasteiger partial charge >= 0.3 is 0 Å². The molecule has 1 aromatic heterocycles. The number of methoxy groups -OCH3 is 1. The van der Waals surface area contributed by atoms with Crippen LogP contribution in [0.2, 0.25) is 0 Å². The Morgan fingerprint density at radius 1 is 1.30 bits per heavy atom. The van der Waals surface area contributed by atoms with Crippen LogP contribution in [-0.2, 0) is 19.9 Å². The van der Waals surface area contributed by atoms with Gasteiger partial charge in [-0.05, 0) is 55.4 Å². The Morgan fingerprint density at radius 3 is 2.70 bits per heavy atom. The van der Waals surface area contributed by atoms with E-state index in [1.165, 1.54) is 29.5 Å². The number of rotatable bonds is 2. The topological polar surface area (TPSA) is 53.1 Å². The molecule has 0 saturated carbocycles. The van der Waals surface area contributed by atoms with E-state index in [2.05, 4.69) is 18.1 Å². The van der Waals surface area contributed by atoms with E-state index in [9.17, 15) is 0 Å². The molecule has 0 aliphatic heterocycles. The zero-order valence-electron chi connectivity index (χ0n) is 12.4. The molecule has 1 aliphatic rings. The minimum Gasteiger partial charge on any atom is -0.496 e. The molecule has 1 heterocycles. The third-order valence-electron chi connectivity index (χ3n) is 4.36. The number of nitrogens with two attached hydrogens (primary N) is 1. The molecule has 0 fully saturated rings. The van der Waals surface area contributed by atoms with E-state index >= 15 is 0 Å². The second kappa shape index (κ2) is 4.85. The molecule has 20 heavy (non-hydrogen) atoms. The minimum absolute atomic E-state index is 0.683. The van der Waals surface area contributed by atoms with Crippen LogP contribution >= 0.6 is 0 Å². The molecule has 0 spiro atoms. The Labute approximate surface area is 119 Å². The van der Waals surface area contributed by atoms with E-state index in [0.717, 1.165) is 29.7 Å². The summed E-state index contributed by atoms with van der Waals surface area (Å²) >= 11 is 0. The second-order valence-corrected chi connectivity index (χ2v) is 5.49. The SMILES string of the molecule is COc1cc2c(c(C)c1-c1cnn(C)c1N)CCCC2. The first-order chi connectivity index (χ1) is 9.63. The van der Waals surface area contributed by atoms with Crippen molar-refractivity contribution in [2.45, 2.75) is 32.6 Å². The highest BCUT2D eigenvalue weighted by Gasteiger charge is 2.21. The van der Waals surface area contributed by atoms with Crippen molar-refractivity contribution in [2.24, 2.45) is 7.05 Å². The number of nitrogens with zero attached hydrogens (tertiary/aromatic N) is 2. The summed E-state index contributed by atoms with van der Waals surface area (Å²) in [6.45, 7) is 2.18. The predicted molar refractivity (Wildman–Crippen MR) is 81.0 cm³/mol. The molecule has 1 aliphatic carbocycles. The molecule has 0 radical (unpaired) electrons. The lowest BCUT2D eigenvalue weighted by molar-refractivity contribution is 0.415. The maximum Gasteiger partial charge on any atom is 0.129 e. The van der Waals surface area contributed by atoms with E-state index in [4.69, 9.17) is 10.5 Å². The van der Waals surface area contributed by atoms with Crippen LogP contribution in [0.5, 0.6) is 5.75 Å². The van der Waals surface area contributed by atoms with Gasteiger partial charge in [-0.1, -0.05) is 0 Å². The molecule has 0 atom stereocenters. The van der Waals surface area contributed by atoms with Crippen molar-refractivity contribution in [1.82, 2.24) is 9.78 Å². The van der Waals surface area contributed by atoms with E-state index < -0.39 is 0 Å². The van der Waals surface area contributed by atoms with Gasteiger partial charge in [0.2, 0.25) is 0 Å². The zero-order valence-corrected chi connectivity index (χ0v) is 12.4. The maximum atomic E-state index is 6.15. The number of aryl methyl sites for hydroxylation is 2. The van der Waals surface area contributed by atoms with Gasteiger partial charge in [-0.15, -0.1) is 0 Å². The minimum atomic E-state index is 0.683. The van der Waals surface area contributed by atoms with Crippen molar-refractivity contribution in [1.29, 1.82) is 0 Å². The van der Waals surface area contributed by atoms with Crippen LogP contribution in [0.25, 0.3) is 11.1 Å². The zero-order chi connectivity index (χ0) is 14.3. The van der Waals surface area contributed by atoms with Gasteiger partial charge in [0.05, 0.1) is 13.3 Å². The van der Waals surface area contributed by atoms with E-state index in [1.807, 2.05) is 13.2 Å². The Balaban J connectivity index is 2.26. The monoisotopic (exact) mass is 271 g/mol. The summed E-state index contributed by atoms with van der Waals surface area (Å²) in [6.07, 6.45) is 6.66. The first-order valence-electron chi connectivity index (χ1n) is 7.10. The summed E-state index contributed by atoms with van der Waals surface area (Å²) in [5, 5.41) is 4.26. The Morgan fingerprint density at radius 2 is 2.05 bits per heavy atom. The van der Waals surface area contributed by atoms with Crippen LogP contribution in [0.1, 0.15) is 29.5 Å². The Bertz CT molecular complexity index is 658. The van der Waals surface area contributed by atoms with E-state index in [1.54, 1.807) is 11.8 Å². The van der Waals surface area contributed by atoms with E-state index in [-0.39, 0.29) is 0 Å². The van der Waals surface area contributed by atoms with E-state index in [0.29, 0.717) is 5.82 Å². The fourth-order valence-corrected chi connectivity index (χ4v) is 3.22. The third kappa shape index (κ3) is 1.87. The molecule has 4 nitrogen and oxygen atoms in total. The quantitative estimate of drug-likeness (QED) is 0.913. The fraction of sp³-hybridized carbons (Fsp3) is 0.438. The molecular formula is C16H21N3O. The highest BCUT2D eigenvalue weighted by atomic mass is 16.5. The van der Waals surface area contributed by atoms with Gasteiger partial charge in [0.1, 0.15) is 11.6 Å². The molecule has 2 N–H and O–H groups in total. The molecule has 2 aromatic rings. The Hall–Kier alpha value is -1.97. The van der Waals surface area contributed by atoms with Crippen LogP contribution in [-0.4, -0.2) is 16.9 Å².